The van der Waals surface area contributed by atoms with Gasteiger partial charge in [-0.05, 0) is 18.6 Å². The molecular weight excluding hydrogens is 188 g/mol. The highest BCUT2D eigenvalue weighted by Crippen LogP contribution is 2.03. The number of hydrazine groups is 1. The molecule has 1 amide bonds. The average Bonchev–Trinajstić information content (AvgIpc) is 2.28. The number of benzene rings is 1. The maximum Gasteiger partial charge on any atom is 0.238 e. The van der Waals surface area contributed by atoms with Crippen LogP contribution in [0.5, 0.6) is 0 Å². The van der Waals surface area contributed by atoms with Crippen molar-refractivity contribution in [3.8, 4) is 0 Å². The van der Waals surface area contributed by atoms with Gasteiger partial charge >= 0.3 is 0 Å². The number of rotatable bonds is 6. The Morgan fingerprint density at radius 2 is 1.93 bits per heavy atom. The molecule has 2 N–H and O–H groups in total. The molecule has 0 saturated heterocycles. The van der Waals surface area contributed by atoms with Crippen LogP contribution in [0.25, 0.3) is 0 Å². The first-order valence-electron chi connectivity index (χ1n) is 5.43. The van der Waals surface area contributed by atoms with Crippen LogP contribution in [-0.4, -0.2) is 5.91 Å². The van der Waals surface area contributed by atoms with Crippen molar-refractivity contribution in [1.82, 2.24) is 5.43 Å². The van der Waals surface area contributed by atoms with Crippen molar-refractivity contribution in [1.29, 1.82) is 0 Å². The predicted octanol–water partition coefficient (Wildman–Crippen LogP) is 2.71. The van der Waals surface area contributed by atoms with Gasteiger partial charge in [-0.1, -0.05) is 38.0 Å². The van der Waals surface area contributed by atoms with Gasteiger partial charge in [0.2, 0.25) is 5.91 Å². The third kappa shape index (κ3) is 5.05. The van der Waals surface area contributed by atoms with Gasteiger partial charge in [0.1, 0.15) is 0 Å². The third-order valence-corrected chi connectivity index (χ3v) is 2.13. The van der Waals surface area contributed by atoms with Gasteiger partial charge in [0.15, 0.2) is 0 Å². The predicted molar refractivity (Wildman–Crippen MR) is 62.3 cm³/mol. The summed E-state index contributed by atoms with van der Waals surface area (Å²) in [5, 5.41) is 0. The molecule has 3 nitrogen and oxygen atoms in total. The van der Waals surface area contributed by atoms with Gasteiger partial charge < -0.3 is 0 Å². The van der Waals surface area contributed by atoms with E-state index in [4.69, 9.17) is 0 Å². The smallest absolute Gasteiger partial charge is 0.238 e. The minimum absolute atomic E-state index is 0.0484. The second-order valence-corrected chi connectivity index (χ2v) is 3.50. The normalized spacial score (nSPS) is 9.67. The quantitative estimate of drug-likeness (QED) is 0.555. The Bertz CT molecular complexity index is 285. The van der Waals surface area contributed by atoms with Crippen molar-refractivity contribution in [3.63, 3.8) is 0 Å². The van der Waals surface area contributed by atoms with E-state index in [9.17, 15) is 4.79 Å². The van der Waals surface area contributed by atoms with E-state index in [1.807, 2.05) is 30.3 Å². The van der Waals surface area contributed by atoms with E-state index < -0.39 is 0 Å². The molecule has 3 heteroatoms. The van der Waals surface area contributed by atoms with Crippen LogP contribution in [0.3, 0.4) is 0 Å². The van der Waals surface area contributed by atoms with E-state index in [-0.39, 0.29) is 5.91 Å². The highest BCUT2D eigenvalue weighted by molar-refractivity contribution is 5.77. The molecule has 82 valence electrons. The minimum Gasteiger partial charge on any atom is -0.299 e. The molecule has 0 spiro atoms. The lowest BCUT2D eigenvalue weighted by Crippen LogP contribution is -2.28. The summed E-state index contributed by atoms with van der Waals surface area (Å²) < 4.78 is 0. The second-order valence-electron chi connectivity index (χ2n) is 3.50. The number of amides is 1. The molecule has 0 heterocycles. The zero-order valence-corrected chi connectivity index (χ0v) is 9.12. The first-order valence-corrected chi connectivity index (χ1v) is 5.43. The molecule has 0 aliphatic carbocycles. The Morgan fingerprint density at radius 3 is 2.60 bits per heavy atom. The molecule has 0 bridgehead atoms. The van der Waals surface area contributed by atoms with Crippen LogP contribution < -0.4 is 10.9 Å². The van der Waals surface area contributed by atoms with Gasteiger partial charge in [-0.2, -0.15) is 0 Å². The third-order valence-electron chi connectivity index (χ3n) is 2.13. The summed E-state index contributed by atoms with van der Waals surface area (Å²) >= 11 is 0. The number of carbonyl (C=O) groups excluding carboxylic acids is 1. The standard InChI is InChI=1S/C12H18N2O/c1-2-3-5-10-12(15)14-13-11-8-6-4-7-9-11/h4,6-9,13H,2-3,5,10H2,1H3,(H,14,15). The van der Waals surface area contributed by atoms with E-state index in [1.54, 1.807) is 0 Å². The Hall–Kier alpha value is -1.51. The van der Waals surface area contributed by atoms with Gasteiger partial charge in [0, 0.05) is 6.42 Å². The van der Waals surface area contributed by atoms with Crippen LogP contribution in [0.15, 0.2) is 30.3 Å². The Labute approximate surface area is 90.9 Å². The van der Waals surface area contributed by atoms with E-state index in [0.717, 1.165) is 24.9 Å². The van der Waals surface area contributed by atoms with E-state index in [2.05, 4.69) is 17.8 Å². The molecule has 1 aromatic rings. The molecule has 0 aliphatic heterocycles. The number of unbranched alkanes of at least 4 members (excludes halogenated alkanes) is 2. The van der Waals surface area contributed by atoms with Crippen molar-refractivity contribution in [2.24, 2.45) is 0 Å². The highest BCUT2D eigenvalue weighted by atomic mass is 16.2. The van der Waals surface area contributed by atoms with Crippen LogP contribution in [0.4, 0.5) is 5.69 Å². The van der Waals surface area contributed by atoms with Crippen molar-refractivity contribution >= 4 is 11.6 Å². The summed E-state index contributed by atoms with van der Waals surface area (Å²) in [6.45, 7) is 2.13. The Balaban J connectivity index is 2.17. The van der Waals surface area contributed by atoms with Crippen molar-refractivity contribution < 1.29 is 4.79 Å². The molecule has 0 aliphatic rings. The van der Waals surface area contributed by atoms with Gasteiger partial charge in [-0.15, -0.1) is 0 Å². The van der Waals surface area contributed by atoms with Gasteiger partial charge in [-0.25, -0.2) is 0 Å². The molecule has 0 unspecified atom stereocenters. The number of para-hydroxylation sites is 1. The molecule has 0 aromatic heterocycles. The molecule has 0 atom stereocenters. The fourth-order valence-electron chi connectivity index (χ4n) is 1.26. The van der Waals surface area contributed by atoms with Crippen LogP contribution in [0, 0.1) is 0 Å². The summed E-state index contributed by atoms with van der Waals surface area (Å²) in [6.07, 6.45) is 3.80. The molecule has 1 rings (SSSR count). The molecule has 0 fully saturated rings. The molecule has 15 heavy (non-hydrogen) atoms. The molecule has 0 saturated carbocycles. The summed E-state index contributed by atoms with van der Waals surface area (Å²) in [7, 11) is 0. The van der Waals surface area contributed by atoms with Crippen LogP contribution >= 0.6 is 0 Å². The average molecular weight is 206 g/mol. The van der Waals surface area contributed by atoms with Crippen molar-refractivity contribution in [2.75, 3.05) is 5.43 Å². The fourth-order valence-corrected chi connectivity index (χ4v) is 1.26. The Morgan fingerprint density at radius 1 is 1.20 bits per heavy atom. The zero-order valence-electron chi connectivity index (χ0n) is 9.12. The number of nitrogens with one attached hydrogen (secondary N) is 2. The number of hydrogen-bond donors (Lipinski definition) is 2. The van der Waals surface area contributed by atoms with Crippen LogP contribution in [-0.2, 0) is 4.79 Å². The molecule has 0 radical (unpaired) electrons. The summed E-state index contributed by atoms with van der Waals surface area (Å²) in [5.74, 6) is 0.0484. The zero-order chi connectivity index (χ0) is 10.9. The van der Waals surface area contributed by atoms with Crippen LogP contribution in [0.1, 0.15) is 32.6 Å². The maximum absolute atomic E-state index is 11.3. The SMILES string of the molecule is CCCCCC(=O)NNc1ccccc1. The largest absolute Gasteiger partial charge is 0.299 e. The van der Waals surface area contributed by atoms with Crippen molar-refractivity contribution in [3.05, 3.63) is 30.3 Å². The molecule has 1 aromatic carbocycles. The highest BCUT2D eigenvalue weighted by Gasteiger charge is 1.99. The van der Waals surface area contributed by atoms with E-state index in [0.29, 0.717) is 6.42 Å². The van der Waals surface area contributed by atoms with E-state index >= 15 is 0 Å². The molecular formula is C12H18N2O. The van der Waals surface area contributed by atoms with Crippen LogP contribution in [0.2, 0.25) is 0 Å². The van der Waals surface area contributed by atoms with Crippen molar-refractivity contribution in [2.45, 2.75) is 32.6 Å². The minimum atomic E-state index is 0.0484. The first kappa shape index (κ1) is 11.6. The summed E-state index contributed by atoms with van der Waals surface area (Å²) in [4.78, 5) is 11.3. The lowest BCUT2D eigenvalue weighted by molar-refractivity contribution is -0.120. The summed E-state index contributed by atoms with van der Waals surface area (Å²) in [5.41, 5.74) is 6.44. The monoisotopic (exact) mass is 206 g/mol. The first-order chi connectivity index (χ1) is 7.33. The summed E-state index contributed by atoms with van der Waals surface area (Å²) in [6, 6.07) is 9.60. The Kier molecular flexibility index (Phi) is 5.30. The lowest BCUT2D eigenvalue weighted by Gasteiger charge is -2.07. The number of hydrogen-bond acceptors (Lipinski definition) is 2. The topological polar surface area (TPSA) is 41.1 Å². The fraction of sp³-hybridized carbons (Fsp3) is 0.417. The lowest BCUT2D eigenvalue weighted by atomic mass is 10.2. The van der Waals surface area contributed by atoms with Gasteiger partial charge in [0.05, 0.1) is 5.69 Å². The number of anilines is 1. The van der Waals surface area contributed by atoms with Gasteiger partial charge in [0.25, 0.3) is 0 Å². The number of carbonyl (C=O) groups is 1. The van der Waals surface area contributed by atoms with Gasteiger partial charge in [-0.3, -0.25) is 15.6 Å². The second kappa shape index (κ2) is 6.87. The van der Waals surface area contributed by atoms with E-state index in [1.165, 1.54) is 0 Å². The maximum atomic E-state index is 11.3.